The van der Waals surface area contributed by atoms with Crippen LogP contribution in [-0.2, 0) is 24.2 Å². The lowest BCUT2D eigenvalue weighted by atomic mass is 9.94. The molecule has 3 aliphatic rings. The molecule has 1 aliphatic carbocycles. The fraction of sp³-hybridized carbons (Fsp3) is 0.425. The van der Waals surface area contributed by atoms with Crippen LogP contribution in [0.1, 0.15) is 47.9 Å². The van der Waals surface area contributed by atoms with Crippen molar-refractivity contribution in [2.45, 2.75) is 45.7 Å². The number of amides is 1. The van der Waals surface area contributed by atoms with Crippen molar-refractivity contribution in [2.75, 3.05) is 65.0 Å². The summed E-state index contributed by atoms with van der Waals surface area (Å²) in [5.74, 6) is -0.937. The molecule has 2 aliphatic heterocycles. The summed E-state index contributed by atoms with van der Waals surface area (Å²) in [5.41, 5.74) is 2.41. The van der Waals surface area contributed by atoms with E-state index in [0.29, 0.717) is 96.6 Å². The fourth-order valence-corrected chi connectivity index (χ4v) is 8.21. The molecule has 13 nitrogen and oxygen atoms in total. The maximum absolute atomic E-state index is 17.7. The van der Waals surface area contributed by atoms with Crippen LogP contribution >= 0.6 is 0 Å². The number of fused-ring (bicyclic) bond motifs is 5. The van der Waals surface area contributed by atoms with Gasteiger partial charge in [0.1, 0.15) is 28.6 Å². The lowest BCUT2D eigenvalue weighted by molar-refractivity contribution is 0.0231. The Balaban J connectivity index is 1.22. The van der Waals surface area contributed by atoms with Crippen LogP contribution in [0.4, 0.5) is 14.6 Å². The zero-order chi connectivity index (χ0) is 38.0. The number of aryl methyl sites for hydroxylation is 2. The molecular weight excluding hydrogens is 708 g/mol. The SMILES string of the molecule is CCc1c(F)ccc2cc(O)cc(-c3c(F)c4nc(OCC5(CN6CCOCC6)CC5)nc(N5CCCn6nc(C(=O)N(C)C)cc6C5)c4c4ccnn34)c12. The van der Waals surface area contributed by atoms with Gasteiger partial charge in [0.25, 0.3) is 5.91 Å². The van der Waals surface area contributed by atoms with E-state index in [9.17, 15) is 9.90 Å². The van der Waals surface area contributed by atoms with Crippen molar-refractivity contribution in [3.05, 3.63) is 71.2 Å². The second-order valence-electron chi connectivity index (χ2n) is 15.2. The minimum absolute atomic E-state index is 0.0215. The Bertz CT molecular complexity index is 2470. The van der Waals surface area contributed by atoms with E-state index in [4.69, 9.17) is 19.4 Å². The molecule has 55 heavy (non-hydrogen) atoms. The molecule has 0 bridgehead atoms. The van der Waals surface area contributed by atoms with Crippen LogP contribution in [0, 0.1) is 17.0 Å². The zero-order valence-electron chi connectivity index (χ0n) is 31.2. The first-order valence-electron chi connectivity index (χ1n) is 18.9. The van der Waals surface area contributed by atoms with Crippen LogP contribution in [0.15, 0.2) is 42.6 Å². The van der Waals surface area contributed by atoms with E-state index >= 15 is 8.78 Å². The van der Waals surface area contributed by atoms with Crippen molar-refractivity contribution in [3.63, 3.8) is 0 Å². The molecule has 0 radical (unpaired) electrons. The maximum atomic E-state index is 17.7. The fourth-order valence-electron chi connectivity index (χ4n) is 8.21. The van der Waals surface area contributed by atoms with E-state index in [-0.39, 0.29) is 34.3 Å². The van der Waals surface area contributed by atoms with E-state index in [1.54, 1.807) is 44.6 Å². The molecule has 9 rings (SSSR count). The molecular formula is C40H43F2N9O4. The number of pyridine rings is 1. The average molecular weight is 752 g/mol. The quantitative estimate of drug-likeness (QED) is 0.204. The number of carbonyl (C=O) groups is 1. The predicted octanol–water partition coefficient (Wildman–Crippen LogP) is 5.44. The second-order valence-corrected chi connectivity index (χ2v) is 15.2. The number of aromatic nitrogens is 6. The minimum atomic E-state index is -0.703. The summed E-state index contributed by atoms with van der Waals surface area (Å²) in [6.07, 6.45) is 4.63. The summed E-state index contributed by atoms with van der Waals surface area (Å²) in [5, 5.41) is 21.6. The molecule has 1 amide bonds. The monoisotopic (exact) mass is 751 g/mol. The van der Waals surface area contributed by atoms with Gasteiger partial charge in [0.2, 0.25) is 0 Å². The van der Waals surface area contributed by atoms with Gasteiger partial charge in [-0.1, -0.05) is 13.0 Å². The number of hydrogen-bond donors (Lipinski definition) is 1. The second kappa shape index (κ2) is 13.7. The highest BCUT2D eigenvalue weighted by Gasteiger charge is 2.45. The molecule has 0 spiro atoms. The molecule has 4 aromatic heterocycles. The molecule has 1 saturated carbocycles. The molecule has 15 heteroatoms. The van der Waals surface area contributed by atoms with E-state index < -0.39 is 11.6 Å². The lowest BCUT2D eigenvalue weighted by Gasteiger charge is -2.30. The minimum Gasteiger partial charge on any atom is -0.508 e. The molecule has 2 fully saturated rings. The Morgan fingerprint density at radius 2 is 1.85 bits per heavy atom. The Hall–Kier alpha value is -5.41. The predicted molar refractivity (Wildman–Crippen MR) is 203 cm³/mol. The topological polar surface area (TPSA) is 126 Å². The first-order valence-corrected chi connectivity index (χ1v) is 18.9. The summed E-state index contributed by atoms with van der Waals surface area (Å²) < 4.78 is 48.4. The smallest absolute Gasteiger partial charge is 0.319 e. The van der Waals surface area contributed by atoms with Crippen molar-refractivity contribution >= 4 is 38.9 Å². The number of carbonyl (C=O) groups excluding carboxylic acids is 1. The number of anilines is 1. The van der Waals surface area contributed by atoms with Gasteiger partial charge < -0.3 is 24.4 Å². The van der Waals surface area contributed by atoms with Gasteiger partial charge >= 0.3 is 6.01 Å². The molecule has 0 atom stereocenters. The van der Waals surface area contributed by atoms with Gasteiger partial charge in [0.05, 0.1) is 49.2 Å². The van der Waals surface area contributed by atoms with Crippen molar-refractivity contribution in [2.24, 2.45) is 5.41 Å². The molecule has 286 valence electrons. The average Bonchev–Trinajstić information content (AvgIpc) is 3.65. The van der Waals surface area contributed by atoms with Gasteiger partial charge in [-0.3, -0.25) is 14.4 Å². The number of phenols is 1. The van der Waals surface area contributed by atoms with Crippen LogP contribution in [0.5, 0.6) is 11.8 Å². The number of rotatable bonds is 9. The number of halogens is 2. The van der Waals surface area contributed by atoms with Gasteiger partial charge in [-0.2, -0.15) is 20.2 Å². The van der Waals surface area contributed by atoms with Crippen molar-refractivity contribution in [3.8, 4) is 23.0 Å². The Kier molecular flexibility index (Phi) is 8.80. The summed E-state index contributed by atoms with van der Waals surface area (Å²) in [4.78, 5) is 28.6. The van der Waals surface area contributed by atoms with E-state index in [2.05, 4.69) is 20.0 Å². The number of nitrogens with zero attached hydrogens (tertiary/aromatic N) is 9. The zero-order valence-corrected chi connectivity index (χ0v) is 31.2. The molecule has 1 saturated heterocycles. The summed E-state index contributed by atoms with van der Waals surface area (Å²) in [6.45, 7) is 7.74. The van der Waals surface area contributed by atoms with Crippen LogP contribution < -0.4 is 9.64 Å². The third-order valence-electron chi connectivity index (χ3n) is 11.2. The van der Waals surface area contributed by atoms with Crippen LogP contribution in [-0.4, -0.2) is 110 Å². The Morgan fingerprint density at radius 3 is 2.62 bits per heavy atom. The van der Waals surface area contributed by atoms with Crippen molar-refractivity contribution in [1.82, 2.24) is 39.2 Å². The number of morpholine rings is 1. The third-order valence-corrected chi connectivity index (χ3v) is 11.2. The highest BCUT2D eigenvalue weighted by atomic mass is 19.1. The van der Waals surface area contributed by atoms with Crippen LogP contribution in [0.3, 0.4) is 0 Å². The van der Waals surface area contributed by atoms with Crippen molar-refractivity contribution < 1.29 is 28.2 Å². The number of aromatic hydroxyl groups is 1. The van der Waals surface area contributed by atoms with Gasteiger partial charge in [-0.25, -0.2) is 13.3 Å². The standard InChI is InChI=1S/C40H43F2N9O4/c1-4-27-29(41)7-6-24-18-26(52)20-28(32(24)27)36-34(42)35-33(31-8-11-43-51(31)36)37(49-12-5-13-50-25(21-49)19-30(46-50)38(53)47(2)3)45-39(44-35)55-23-40(9-10-40)22-48-14-16-54-17-15-48/h6-8,11,18-20,52H,4-5,9-10,12-17,21-23H2,1-3H3. The largest absolute Gasteiger partial charge is 0.508 e. The maximum Gasteiger partial charge on any atom is 0.319 e. The first kappa shape index (κ1) is 35.3. The number of phenolic OH excluding ortho intramolecular Hbond substituents is 1. The van der Waals surface area contributed by atoms with E-state index in [1.165, 1.54) is 21.5 Å². The molecule has 1 N–H and O–H groups in total. The third kappa shape index (κ3) is 6.28. The molecule has 6 aromatic rings. The normalized spacial score (nSPS) is 17.1. The number of ether oxygens (including phenoxy) is 2. The van der Waals surface area contributed by atoms with Crippen LogP contribution in [0.25, 0.3) is 38.4 Å². The van der Waals surface area contributed by atoms with Crippen LogP contribution in [0.2, 0.25) is 0 Å². The first-order chi connectivity index (χ1) is 26.6. The van der Waals surface area contributed by atoms with Gasteiger partial charge in [0, 0.05) is 57.8 Å². The summed E-state index contributed by atoms with van der Waals surface area (Å²) >= 11 is 0. The number of hydrogen-bond acceptors (Lipinski definition) is 10. The van der Waals surface area contributed by atoms with Gasteiger partial charge in [0.15, 0.2) is 11.5 Å². The lowest BCUT2D eigenvalue weighted by Crippen LogP contribution is -2.41. The molecule has 6 heterocycles. The van der Waals surface area contributed by atoms with Gasteiger partial charge in [-0.15, -0.1) is 0 Å². The highest BCUT2D eigenvalue weighted by molar-refractivity contribution is 6.07. The summed E-state index contributed by atoms with van der Waals surface area (Å²) in [6, 6.07) is 9.59. The Labute approximate surface area is 316 Å². The summed E-state index contributed by atoms with van der Waals surface area (Å²) in [7, 11) is 3.39. The Morgan fingerprint density at radius 1 is 1.04 bits per heavy atom. The van der Waals surface area contributed by atoms with Crippen molar-refractivity contribution in [1.29, 1.82) is 0 Å². The van der Waals surface area contributed by atoms with E-state index in [0.717, 1.165) is 38.2 Å². The van der Waals surface area contributed by atoms with E-state index in [1.807, 2.05) is 11.6 Å². The molecule has 2 aromatic carbocycles. The molecule has 0 unspecified atom stereocenters. The van der Waals surface area contributed by atoms with Gasteiger partial charge in [-0.05, 0) is 72.4 Å². The number of benzene rings is 2. The highest BCUT2D eigenvalue weighted by Crippen LogP contribution is 2.47.